The van der Waals surface area contributed by atoms with E-state index in [9.17, 15) is 9.59 Å². The number of piperazine rings is 1. The van der Waals surface area contributed by atoms with E-state index >= 15 is 0 Å². The number of rotatable bonds is 3. The van der Waals surface area contributed by atoms with Crippen LogP contribution in [-0.2, 0) is 11.2 Å². The Bertz CT molecular complexity index is 436. The Morgan fingerprint density at radius 3 is 3.06 bits per heavy atom. The van der Waals surface area contributed by atoms with Crippen LogP contribution in [0.4, 0.5) is 4.79 Å². The molecule has 2 aliphatic heterocycles. The van der Waals surface area contributed by atoms with Gasteiger partial charge in [0.2, 0.25) is 0 Å². The van der Waals surface area contributed by atoms with Crippen molar-refractivity contribution in [2.75, 3.05) is 26.2 Å². The zero-order chi connectivity index (χ0) is 12.5. The van der Waals surface area contributed by atoms with Gasteiger partial charge in [0.25, 0.3) is 5.91 Å². The average molecular weight is 265 g/mol. The van der Waals surface area contributed by atoms with Gasteiger partial charge in [-0.1, -0.05) is 6.07 Å². The first-order valence-corrected chi connectivity index (χ1v) is 7.00. The molecule has 1 atom stereocenters. The second kappa shape index (κ2) is 4.70. The van der Waals surface area contributed by atoms with Gasteiger partial charge in [0.1, 0.15) is 6.04 Å². The van der Waals surface area contributed by atoms with Crippen molar-refractivity contribution in [1.82, 2.24) is 15.1 Å². The van der Waals surface area contributed by atoms with Crippen molar-refractivity contribution in [1.29, 1.82) is 0 Å². The van der Waals surface area contributed by atoms with Gasteiger partial charge in [-0.2, -0.15) is 0 Å². The molecule has 0 aromatic carbocycles. The van der Waals surface area contributed by atoms with Crippen LogP contribution >= 0.6 is 11.3 Å². The number of carbonyl (C=O) groups excluding carboxylic acids is 2. The van der Waals surface area contributed by atoms with E-state index in [-0.39, 0.29) is 18.0 Å². The number of urea groups is 1. The molecule has 18 heavy (non-hydrogen) atoms. The third kappa shape index (κ3) is 1.91. The fourth-order valence-electron chi connectivity index (χ4n) is 2.47. The lowest BCUT2D eigenvalue weighted by molar-refractivity contribution is -0.128. The molecule has 6 heteroatoms. The number of carbonyl (C=O) groups is 2. The molecule has 0 radical (unpaired) electrons. The van der Waals surface area contributed by atoms with Crippen LogP contribution in [0.5, 0.6) is 0 Å². The van der Waals surface area contributed by atoms with Crippen LogP contribution in [0.2, 0.25) is 0 Å². The zero-order valence-electron chi connectivity index (χ0n) is 9.96. The first-order valence-electron chi connectivity index (χ1n) is 6.12. The first kappa shape index (κ1) is 11.7. The monoisotopic (exact) mass is 265 g/mol. The average Bonchev–Trinajstić information content (AvgIpc) is 2.98. The number of imide groups is 1. The maximum atomic E-state index is 12.1. The topological polar surface area (TPSA) is 52.7 Å². The van der Waals surface area contributed by atoms with Gasteiger partial charge in [-0.05, 0) is 17.9 Å². The van der Waals surface area contributed by atoms with E-state index in [1.807, 2.05) is 17.5 Å². The van der Waals surface area contributed by atoms with Crippen molar-refractivity contribution in [2.45, 2.75) is 12.5 Å². The van der Waals surface area contributed by atoms with Crippen LogP contribution in [0.3, 0.4) is 0 Å². The molecule has 0 spiro atoms. The minimum atomic E-state index is -0.283. The highest BCUT2D eigenvalue weighted by molar-refractivity contribution is 7.09. The van der Waals surface area contributed by atoms with Gasteiger partial charge in [-0.25, -0.2) is 4.79 Å². The van der Waals surface area contributed by atoms with Crippen molar-refractivity contribution in [3.05, 3.63) is 22.4 Å². The van der Waals surface area contributed by atoms with Gasteiger partial charge in [0.15, 0.2) is 0 Å². The predicted octanol–water partition coefficient (Wildman–Crippen LogP) is 0.527. The fraction of sp³-hybridized carbons (Fsp3) is 0.500. The lowest BCUT2D eigenvalue weighted by Gasteiger charge is -2.26. The number of hydrogen-bond donors (Lipinski definition) is 1. The first-order chi connectivity index (χ1) is 8.77. The smallest absolute Gasteiger partial charge is 0.312 e. The summed E-state index contributed by atoms with van der Waals surface area (Å²) in [6, 6.07) is 3.61. The summed E-state index contributed by atoms with van der Waals surface area (Å²) in [5.41, 5.74) is 0. The van der Waals surface area contributed by atoms with Crippen molar-refractivity contribution in [2.24, 2.45) is 0 Å². The Labute approximate surface area is 109 Å². The van der Waals surface area contributed by atoms with Gasteiger partial charge < -0.3 is 10.2 Å². The van der Waals surface area contributed by atoms with E-state index in [0.29, 0.717) is 19.6 Å². The molecule has 96 valence electrons. The van der Waals surface area contributed by atoms with E-state index in [4.69, 9.17) is 0 Å². The maximum Gasteiger partial charge on any atom is 0.327 e. The molecule has 0 bridgehead atoms. The molecule has 5 nitrogen and oxygen atoms in total. The molecule has 3 heterocycles. The van der Waals surface area contributed by atoms with E-state index in [1.165, 1.54) is 9.78 Å². The highest BCUT2D eigenvalue weighted by Gasteiger charge is 2.45. The predicted molar refractivity (Wildman–Crippen MR) is 68.5 cm³/mol. The lowest BCUT2D eigenvalue weighted by atomic mass is 10.2. The van der Waals surface area contributed by atoms with Crippen LogP contribution in [0.25, 0.3) is 0 Å². The fourth-order valence-corrected chi connectivity index (χ4v) is 3.16. The Morgan fingerprint density at radius 1 is 1.44 bits per heavy atom. The number of amides is 3. The van der Waals surface area contributed by atoms with Crippen molar-refractivity contribution >= 4 is 23.3 Å². The summed E-state index contributed by atoms with van der Waals surface area (Å²) in [7, 11) is 0. The summed E-state index contributed by atoms with van der Waals surface area (Å²) in [6.07, 6.45) is 0.753. The molecule has 1 aromatic heterocycles. The number of thiophene rings is 1. The summed E-state index contributed by atoms with van der Waals surface area (Å²) in [4.78, 5) is 28.5. The largest absolute Gasteiger partial charge is 0.327 e. The SMILES string of the molecule is O=C1[C@H]2CNCCN2C(=O)N1CCc1cccs1. The standard InChI is InChI=1S/C12H15N3O2S/c16-11-10-8-13-4-6-14(10)12(17)15(11)5-3-9-2-1-7-18-9/h1-2,7,10,13H,3-6,8H2/t10-/m1/s1. The molecule has 3 amide bonds. The minimum absolute atomic E-state index is 0.0521. The molecule has 0 saturated carbocycles. The second-order valence-electron chi connectivity index (χ2n) is 4.52. The van der Waals surface area contributed by atoms with Crippen molar-refractivity contribution in [3.63, 3.8) is 0 Å². The number of hydrogen-bond acceptors (Lipinski definition) is 4. The van der Waals surface area contributed by atoms with Crippen LogP contribution in [0.15, 0.2) is 17.5 Å². The highest BCUT2D eigenvalue weighted by atomic mass is 32.1. The third-order valence-electron chi connectivity index (χ3n) is 3.43. The van der Waals surface area contributed by atoms with Crippen LogP contribution in [0, 0.1) is 0 Å². The summed E-state index contributed by atoms with van der Waals surface area (Å²) >= 11 is 1.66. The zero-order valence-corrected chi connectivity index (χ0v) is 10.8. The van der Waals surface area contributed by atoms with Gasteiger partial charge in [-0.15, -0.1) is 11.3 Å². The lowest BCUT2D eigenvalue weighted by Crippen LogP contribution is -2.51. The van der Waals surface area contributed by atoms with Gasteiger partial charge >= 0.3 is 6.03 Å². The summed E-state index contributed by atoms with van der Waals surface area (Å²) < 4.78 is 0. The normalized spacial score (nSPS) is 23.7. The molecule has 2 fully saturated rings. The molecule has 2 saturated heterocycles. The van der Waals surface area contributed by atoms with E-state index in [2.05, 4.69) is 5.32 Å². The number of nitrogens with one attached hydrogen (secondary N) is 1. The molecule has 3 rings (SSSR count). The number of nitrogens with zero attached hydrogens (tertiary/aromatic N) is 2. The quantitative estimate of drug-likeness (QED) is 0.811. The minimum Gasteiger partial charge on any atom is -0.312 e. The van der Waals surface area contributed by atoms with Crippen molar-refractivity contribution < 1.29 is 9.59 Å². The molecule has 0 unspecified atom stereocenters. The summed E-state index contributed by atoms with van der Waals surface area (Å²) in [5, 5.41) is 5.17. The van der Waals surface area contributed by atoms with Crippen molar-refractivity contribution in [3.8, 4) is 0 Å². The second-order valence-corrected chi connectivity index (χ2v) is 5.55. The van der Waals surface area contributed by atoms with E-state index in [1.54, 1.807) is 16.2 Å². The third-order valence-corrected chi connectivity index (χ3v) is 4.37. The van der Waals surface area contributed by atoms with Crippen LogP contribution < -0.4 is 5.32 Å². The molecular weight excluding hydrogens is 250 g/mol. The Morgan fingerprint density at radius 2 is 2.33 bits per heavy atom. The number of fused-ring (bicyclic) bond motifs is 1. The molecule has 1 aromatic rings. The molecule has 0 aliphatic carbocycles. The van der Waals surface area contributed by atoms with E-state index < -0.39 is 0 Å². The molecule has 1 N–H and O–H groups in total. The van der Waals surface area contributed by atoms with Gasteiger partial charge in [0.05, 0.1) is 0 Å². The summed E-state index contributed by atoms with van der Waals surface area (Å²) in [5.74, 6) is -0.0521. The Kier molecular flexibility index (Phi) is 3.05. The van der Waals surface area contributed by atoms with E-state index in [0.717, 1.165) is 13.0 Å². The summed E-state index contributed by atoms with van der Waals surface area (Å²) in [6.45, 7) is 2.48. The van der Waals surface area contributed by atoms with Crippen LogP contribution in [0.1, 0.15) is 4.88 Å². The maximum absolute atomic E-state index is 12.1. The highest BCUT2D eigenvalue weighted by Crippen LogP contribution is 2.20. The van der Waals surface area contributed by atoms with Gasteiger partial charge in [-0.3, -0.25) is 9.69 Å². The Balaban J connectivity index is 1.68. The van der Waals surface area contributed by atoms with Gasteiger partial charge in [0, 0.05) is 31.1 Å². The van der Waals surface area contributed by atoms with Crippen LogP contribution in [-0.4, -0.2) is 54.0 Å². The molecule has 2 aliphatic rings. The molecular formula is C12H15N3O2S. The Hall–Kier alpha value is -1.40.